The summed E-state index contributed by atoms with van der Waals surface area (Å²) in [6.45, 7) is 2.28. The maximum absolute atomic E-state index is 12.0. The van der Waals surface area contributed by atoms with Crippen molar-refractivity contribution >= 4 is 0 Å². The minimum Gasteiger partial charge on any atom is -0.216 e. The molecule has 2 rings (SSSR count). The van der Waals surface area contributed by atoms with E-state index in [1.165, 1.54) is 62.5 Å². The molecular formula is C20H29F. The second kappa shape index (κ2) is 9.02. The molecule has 1 aliphatic carbocycles. The fourth-order valence-electron chi connectivity index (χ4n) is 3.57. The molecule has 0 bridgehead atoms. The summed E-state index contributed by atoms with van der Waals surface area (Å²) in [6, 6.07) is 8.82. The lowest BCUT2D eigenvalue weighted by atomic mass is 9.77. The minimum absolute atomic E-state index is 0.633. The highest BCUT2D eigenvalue weighted by atomic mass is 19.1. The number of allylic oxidation sites excluding steroid dienone is 1. The van der Waals surface area contributed by atoms with Crippen LogP contribution < -0.4 is 0 Å². The minimum atomic E-state index is 0.633. The Bertz CT molecular complexity index is 410. The van der Waals surface area contributed by atoms with E-state index in [2.05, 4.69) is 31.2 Å². The van der Waals surface area contributed by atoms with E-state index in [4.69, 9.17) is 0 Å². The standard InChI is InChI=1S/C20H29F/c1-2-3-4-6-17-8-12-19(13-9-17)20-14-10-18(11-15-20)7-5-16-21/h5,10-11,14-17,19H,2-4,6-9,12-13H2,1H3/t17-,19-. The number of benzene rings is 1. The van der Waals surface area contributed by atoms with Gasteiger partial charge in [-0.05, 0) is 55.1 Å². The summed E-state index contributed by atoms with van der Waals surface area (Å²) in [7, 11) is 0. The molecule has 0 heterocycles. The molecule has 0 nitrogen and oxygen atoms in total. The van der Waals surface area contributed by atoms with E-state index in [0.29, 0.717) is 12.8 Å². The molecule has 0 amide bonds. The molecule has 0 unspecified atom stereocenters. The third-order valence-electron chi connectivity index (χ3n) is 4.96. The van der Waals surface area contributed by atoms with Crippen LogP contribution in [0.15, 0.2) is 36.7 Å². The first kappa shape index (κ1) is 16.3. The number of halogens is 1. The Morgan fingerprint density at radius 3 is 2.38 bits per heavy atom. The third-order valence-corrected chi connectivity index (χ3v) is 4.96. The van der Waals surface area contributed by atoms with Gasteiger partial charge in [0.05, 0.1) is 6.33 Å². The van der Waals surface area contributed by atoms with Gasteiger partial charge < -0.3 is 0 Å². The molecule has 0 saturated heterocycles. The highest BCUT2D eigenvalue weighted by Gasteiger charge is 2.21. The van der Waals surface area contributed by atoms with Crippen LogP contribution >= 0.6 is 0 Å². The largest absolute Gasteiger partial charge is 0.216 e. The van der Waals surface area contributed by atoms with Gasteiger partial charge in [0.15, 0.2) is 0 Å². The van der Waals surface area contributed by atoms with E-state index in [0.717, 1.165) is 11.8 Å². The maximum Gasteiger partial charge on any atom is 0.0830 e. The number of hydrogen-bond donors (Lipinski definition) is 0. The van der Waals surface area contributed by atoms with Gasteiger partial charge in [0.25, 0.3) is 0 Å². The van der Waals surface area contributed by atoms with E-state index in [-0.39, 0.29) is 0 Å². The van der Waals surface area contributed by atoms with Gasteiger partial charge in [-0.25, -0.2) is 4.39 Å². The van der Waals surface area contributed by atoms with Crippen LogP contribution in [0.3, 0.4) is 0 Å². The lowest BCUT2D eigenvalue weighted by Crippen LogP contribution is -2.13. The summed E-state index contributed by atoms with van der Waals surface area (Å²) < 4.78 is 12.0. The Balaban J connectivity index is 1.79. The first-order valence-electron chi connectivity index (χ1n) is 8.67. The third kappa shape index (κ3) is 5.30. The SMILES string of the molecule is CCCCC[C@H]1CC[C@H](c2ccc(CC=CF)cc2)CC1. The molecule has 0 aliphatic heterocycles. The average molecular weight is 288 g/mol. The van der Waals surface area contributed by atoms with Crippen molar-refractivity contribution in [3.8, 4) is 0 Å². The molecule has 1 saturated carbocycles. The monoisotopic (exact) mass is 288 g/mol. The van der Waals surface area contributed by atoms with Gasteiger partial charge in [-0.3, -0.25) is 0 Å². The summed E-state index contributed by atoms with van der Waals surface area (Å²) in [4.78, 5) is 0. The van der Waals surface area contributed by atoms with Gasteiger partial charge in [0.2, 0.25) is 0 Å². The van der Waals surface area contributed by atoms with Gasteiger partial charge in [-0.15, -0.1) is 0 Å². The van der Waals surface area contributed by atoms with Crippen LogP contribution in [0.1, 0.15) is 75.3 Å². The van der Waals surface area contributed by atoms with Crippen molar-refractivity contribution in [3.63, 3.8) is 0 Å². The van der Waals surface area contributed by atoms with Gasteiger partial charge in [-0.1, -0.05) is 62.9 Å². The lowest BCUT2D eigenvalue weighted by molar-refractivity contribution is 0.303. The summed E-state index contributed by atoms with van der Waals surface area (Å²) in [5.74, 6) is 1.72. The molecule has 0 spiro atoms. The van der Waals surface area contributed by atoms with E-state index in [1.807, 2.05) is 0 Å². The number of unbranched alkanes of at least 4 members (excludes halogenated alkanes) is 2. The molecule has 116 valence electrons. The molecule has 0 aromatic heterocycles. The predicted octanol–water partition coefficient (Wildman–Crippen LogP) is 6.57. The molecule has 1 heteroatoms. The number of hydrogen-bond acceptors (Lipinski definition) is 0. The molecule has 0 N–H and O–H groups in total. The summed E-state index contributed by atoms with van der Waals surface area (Å²) in [5.41, 5.74) is 2.68. The van der Waals surface area contributed by atoms with Crippen molar-refractivity contribution in [2.75, 3.05) is 0 Å². The summed E-state index contributed by atoms with van der Waals surface area (Å²) in [6.07, 6.45) is 14.0. The normalized spacial score (nSPS) is 22.8. The Labute approximate surface area is 129 Å². The van der Waals surface area contributed by atoms with Crippen molar-refractivity contribution in [1.29, 1.82) is 0 Å². The highest BCUT2D eigenvalue weighted by Crippen LogP contribution is 2.37. The molecule has 0 atom stereocenters. The molecular weight excluding hydrogens is 259 g/mol. The van der Waals surface area contributed by atoms with Gasteiger partial charge in [0, 0.05) is 0 Å². The maximum atomic E-state index is 12.0. The fraction of sp³-hybridized carbons (Fsp3) is 0.600. The highest BCUT2D eigenvalue weighted by molar-refractivity contribution is 5.27. The second-order valence-corrected chi connectivity index (χ2v) is 6.52. The van der Waals surface area contributed by atoms with E-state index in [9.17, 15) is 4.39 Å². The Hall–Kier alpha value is -1.11. The molecule has 21 heavy (non-hydrogen) atoms. The summed E-state index contributed by atoms with van der Waals surface area (Å²) >= 11 is 0. The lowest BCUT2D eigenvalue weighted by Gasteiger charge is -2.29. The molecule has 1 aromatic rings. The quantitative estimate of drug-likeness (QED) is 0.498. The zero-order chi connectivity index (χ0) is 14.9. The van der Waals surface area contributed by atoms with Crippen LogP contribution in [0.25, 0.3) is 0 Å². The van der Waals surface area contributed by atoms with Crippen molar-refractivity contribution in [2.45, 2.75) is 70.6 Å². The average Bonchev–Trinajstić information content (AvgIpc) is 2.54. The van der Waals surface area contributed by atoms with Crippen molar-refractivity contribution in [3.05, 3.63) is 47.8 Å². The first-order chi connectivity index (χ1) is 10.3. The number of rotatable bonds is 7. The van der Waals surface area contributed by atoms with Crippen molar-refractivity contribution in [2.24, 2.45) is 5.92 Å². The van der Waals surface area contributed by atoms with Gasteiger partial charge in [-0.2, -0.15) is 0 Å². The smallest absolute Gasteiger partial charge is 0.0830 e. The molecule has 1 aliphatic rings. The van der Waals surface area contributed by atoms with Crippen LogP contribution in [-0.4, -0.2) is 0 Å². The summed E-state index contributed by atoms with van der Waals surface area (Å²) in [5, 5.41) is 0. The zero-order valence-corrected chi connectivity index (χ0v) is 13.4. The first-order valence-corrected chi connectivity index (χ1v) is 8.67. The van der Waals surface area contributed by atoms with Gasteiger partial charge in [0.1, 0.15) is 0 Å². The van der Waals surface area contributed by atoms with Crippen LogP contribution in [-0.2, 0) is 6.42 Å². The molecule has 0 radical (unpaired) electrons. The van der Waals surface area contributed by atoms with E-state index < -0.39 is 0 Å². The van der Waals surface area contributed by atoms with Crippen molar-refractivity contribution in [1.82, 2.24) is 0 Å². The van der Waals surface area contributed by atoms with Crippen LogP contribution in [0, 0.1) is 5.92 Å². The molecule has 1 aromatic carbocycles. The Kier molecular flexibility index (Phi) is 6.99. The van der Waals surface area contributed by atoms with Gasteiger partial charge >= 0.3 is 0 Å². The van der Waals surface area contributed by atoms with Crippen LogP contribution in [0.2, 0.25) is 0 Å². The zero-order valence-electron chi connectivity index (χ0n) is 13.4. The topological polar surface area (TPSA) is 0 Å². The van der Waals surface area contributed by atoms with E-state index in [1.54, 1.807) is 6.08 Å². The Morgan fingerprint density at radius 1 is 1.05 bits per heavy atom. The molecule has 1 fully saturated rings. The second-order valence-electron chi connectivity index (χ2n) is 6.52. The van der Waals surface area contributed by atoms with E-state index >= 15 is 0 Å². The van der Waals surface area contributed by atoms with Crippen LogP contribution in [0.4, 0.5) is 4.39 Å². The fourth-order valence-corrected chi connectivity index (χ4v) is 3.57. The Morgan fingerprint density at radius 2 is 1.76 bits per heavy atom. The van der Waals surface area contributed by atoms with Crippen molar-refractivity contribution < 1.29 is 4.39 Å². The predicted molar refractivity (Wildman–Crippen MR) is 89.2 cm³/mol. The van der Waals surface area contributed by atoms with Crippen LogP contribution in [0.5, 0.6) is 0 Å².